The molecule has 0 radical (unpaired) electrons. The Labute approximate surface area is 118 Å². The first-order valence-corrected chi connectivity index (χ1v) is 6.85. The van der Waals surface area contributed by atoms with Crippen LogP contribution in [0.25, 0.3) is 0 Å². The first kappa shape index (κ1) is 14.5. The number of esters is 1. The number of carbonyl (C=O) groups excluding carboxylic acids is 2. The molecule has 2 rings (SSSR count). The van der Waals surface area contributed by atoms with Crippen LogP contribution in [0.15, 0.2) is 24.3 Å². The van der Waals surface area contributed by atoms with E-state index in [2.05, 4.69) is 5.32 Å². The smallest absolute Gasteiger partial charge is 0.307 e. The molecule has 1 aromatic carbocycles. The van der Waals surface area contributed by atoms with E-state index in [1.54, 1.807) is 6.92 Å². The summed E-state index contributed by atoms with van der Waals surface area (Å²) in [7, 11) is 0. The molecule has 1 aromatic rings. The minimum atomic E-state index is -0.581. The standard InChI is InChI=1S/C15H19NO4/c1-2-19-13(17)7-9-16-15(18)14-12-6-4-3-5-11(12)8-10-20-14/h3-6,14H,2,7-10H2,1H3,(H,16,18). The second-order valence-electron chi connectivity index (χ2n) is 4.55. The molecule has 0 saturated heterocycles. The van der Waals surface area contributed by atoms with Crippen molar-refractivity contribution in [3.8, 4) is 0 Å². The number of hydrogen-bond donors (Lipinski definition) is 1. The van der Waals surface area contributed by atoms with Crippen molar-refractivity contribution in [1.82, 2.24) is 5.32 Å². The molecule has 5 heteroatoms. The van der Waals surface area contributed by atoms with Crippen molar-refractivity contribution >= 4 is 11.9 Å². The number of ether oxygens (including phenoxy) is 2. The number of amides is 1. The highest BCUT2D eigenvalue weighted by molar-refractivity contribution is 5.83. The molecule has 0 spiro atoms. The molecule has 0 saturated carbocycles. The molecular weight excluding hydrogens is 258 g/mol. The van der Waals surface area contributed by atoms with Gasteiger partial charge in [-0.3, -0.25) is 9.59 Å². The molecule has 1 aliphatic rings. The zero-order valence-electron chi connectivity index (χ0n) is 11.6. The monoisotopic (exact) mass is 277 g/mol. The third-order valence-electron chi connectivity index (χ3n) is 3.17. The zero-order valence-corrected chi connectivity index (χ0v) is 11.6. The molecule has 1 aliphatic heterocycles. The number of nitrogens with one attached hydrogen (secondary N) is 1. The van der Waals surface area contributed by atoms with E-state index in [1.165, 1.54) is 0 Å². The van der Waals surface area contributed by atoms with Gasteiger partial charge in [0.1, 0.15) is 0 Å². The Morgan fingerprint density at radius 1 is 1.40 bits per heavy atom. The van der Waals surface area contributed by atoms with Crippen LogP contribution in [0.5, 0.6) is 0 Å². The van der Waals surface area contributed by atoms with Crippen LogP contribution in [-0.4, -0.2) is 31.6 Å². The van der Waals surface area contributed by atoms with Gasteiger partial charge in [0.05, 0.1) is 19.6 Å². The van der Waals surface area contributed by atoms with Crippen LogP contribution >= 0.6 is 0 Å². The van der Waals surface area contributed by atoms with Crippen molar-refractivity contribution in [3.05, 3.63) is 35.4 Å². The van der Waals surface area contributed by atoms with E-state index >= 15 is 0 Å². The highest BCUT2D eigenvalue weighted by atomic mass is 16.5. The molecule has 0 fully saturated rings. The van der Waals surface area contributed by atoms with E-state index in [9.17, 15) is 9.59 Å². The van der Waals surface area contributed by atoms with E-state index in [0.29, 0.717) is 13.2 Å². The normalized spacial score (nSPS) is 17.1. The summed E-state index contributed by atoms with van der Waals surface area (Å²) in [6, 6.07) is 7.77. The van der Waals surface area contributed by atoms with Gasteiger partial charge < -0.3 is 14.8 Å². The maximum Gasteiger partial charge on any atom is 0.307 e. The quantitative estimate of drug-likeness (QED) is 0.826. The third kappa shape index (κ3) is 3.57. The van der Waals surface area contributed by atoms with Crippen LogP contribution in [0.4, 0.5) is 0 Å². The molecule has 1 N–H and O–H groups in total. The average Bonchev–Trinajstić information content (AvgIpc) is 2.47. The van der Waals surface area contributed by atoms with Crippen LogP contribution in [0.3, 0.4) is 0 Å². The Bertz CT molecular complexity index is 487. The maximum atomic E-state index is 12.1. The number of hydrogen-bond acceptors (Lipinski definition) is 4. The van der Waals surface area contributed by atoms with Gasteiger partial charge in [0.15, 0.2) is 6.10 Å². The summed E-state index contributed by atoms with van der Waals surface area (Å²) in [5.41, 5.74) is 2.05. The van der Waals surface area contributed by atoms with Crippen molar-refractivity contribution in [2.75, 3.05) is 19.8 Å². The summed E-state index contributed by atoms with van der Waals surface area (Å²) in [5, 5.41) is 2.72. The Morgan fingerprint density at radius 2 is 2.20 bits per heavy atom. The molecule has 1 amide bonds. The summed E-state index contributed by atoms with van der Waals surface area (Å²) >= 11 is 0. The van der Waals surface area contributed by atoms with Gasteiger partial charge in [-0.05, 0) is 24.5 Å². The average molecular weight is 277 g/mol. The van der Waals surface area contributed by atoms with E-state index < -0.39 is 6.10 Å². The van der Waals surface area contributed by atoms with E-state index in [0.717, 1.165) is 17.5 Å². The van der Waals surface area contributed by atoms with Gasteiger partial charge in [0, 0.05) is 6.54 Å². The molecular formula is C15H19NO4. The summed E-state index contributed by atoms with van der Waals surface area (Å²) in [5.74, 6) is -0.515. The summed E-state index contributed by atoms with van der Waals surface area (Å²) < 4.78 is 10.3. The predicted octanol–water partition coefficient (Wildman–Crippen LogP) is 1.37. The Kier molecular flexibility index (Phi) is 5.12. The highest BCUT2D eigenvalue weighted by Crippen LogP contribution is 2.26. The molecule has 1 unspecified atom stereocenters. The van der Waals surface area contributed by atoms with Crippen molar-refractivity contribution in [2.45, 2.75) is 25.9 Å². The van der Waals surface area contributed by atoms with Crippen LogP contribution in [0.2, 0.25) is 0 Å². The minimum absolute atomic E-state index is 0.175. The van der Waals surface area contributed by atoms with Crippen molar-refractivity contribution in [3.63, 3.8) is 0 Å². The number of benzene rings is 1. The zero-order chi connectivity index (χ0) is 14.4. The lowest BCUT2D eigenvalue weighted by atomic mass is 9.97. The fourth-order valence-corrected chi connectivity index (χ4v) is 2.22. The largest absolute Gasteiger partial charge is 0.466 e. The Balaban J connectivity index is 1.89. The lowest BCUT2D eigenvalue weighted by Crippen LogP contribution is -2.35. The first-order chi connectivity index (χ1) is 9.72. The fourth-order valence-electron chi connectivity index (χ4n) is 2.22. The molecule has 0 aromatic heterocycles. The second kappa shape index (κ2) is 7.05. The second-order valence-corrected chi connectivity index (χ2v) is 4.55. The van der Waals surface area contributed by atoms with E-state index in [1.807, 2.05) is 24.3 Å². The molecule has 108 valence electrons. The Hall–Kier alpha value is -1.88. The molecule has 1 heterocycles. The van der Waals surface area contributed by atoms with Crippen molar-refractivity contribution in [2.24, 2.45) is 0 Å². The van der Waals surface area contributed by atoms with Gasteiger partial charge in [-0.2, -0.15) is 0 Å². The lowest BCUT2D eigenvalue weighted by Gasteiger charge is -2.25. The summed E-state index contributed by atoms with van der Waals surface area (Å²) in [6.07, 6.45) is 0.415. The summed E-state index contributed by atoms with van der Waals surface area (Å²) in [4.78, 5) is 23.3. The van der Waals surface area contributed by atoms with Gasteiger partial charge in [-0.1, -0.05) is 24.3 Å². The fraction of sp³-hybridized carbons (Fsp3) is 0.467. The van der Waals surface area contributed by atoms with Crippen LogP contribution < -0.4 is 5.32 Å². The van der Waals surface area contributed by atoms with Crippen LogP contribution in [0.1, 0.15) is 30.6 Å². The number of fused-ring (bicyclic) bond motifs is 1. The van der Waals surface area contributed by atoms with Gasteiger partial charge in [0.2, 0.25) is 0 Å². The molecule has 5 nitrogen and oxygen atoms in total. The first-order valence-electron chi connectivity index (χ1n) is 6.85. The lowest BCUT2D eigenvalue weighted by molar-refractivity contribution is -0.143. The Morgan fingerprint density at radius 3 is 3.00 bits per heavy atom. The van der Waals surface area contributed by atoms with Gasteiger partial charge in [-0.25, -0.2) is 0 Å². The topological polar surface area (TPSA) is 64.6 Å². The minimum Gasteiger partial charge on any atom is -0.466 e. The van der Waals surface area contributed by atoms with Gasteiger partial charge in [0.25, 0.3) is 5.91 Å². The number of rotatable bonds is 5. The summed E-state index contributed by atoms with van der Waals surface area (Å²) in [6.45, 7) is 2.90. The third-order valence-corrected chi connectivity index (χ3v) is 3.17. The van der Waals surface area contributed by atoms with E-state index in [-0.39, 0.29) is 24.8 Å². The van der Waals surface area contributed by atoms with Crippen LogP contribution in [-0.2, 0) is 25.5 Å². The predicted molar refractivity (Wildman–Crippen MR) is 73.1 cm³/mol. The maximum absolute atomic E-state index is 12.1. The molecule has 0 aliphatic carbocycles. The molecule has 1 atom stereocenters. The molecule has 20 heavy (non-hydrogen) atoms. The van der Waals surface area contributed by atoms with Crippen molar-refractivity contribution in [1.29, 1.82) is 0 Å². The van der Waals surface area contributed by atoms with Crippen molar-refractivity contribution < 1.29 is 19.1 Å². The SMILES string of the molecule is CCOC(=O)CCNC(=O)C1OCCc2ccccc21. The molecule has 0 bridgehead atoms. The van der Waals surface area contributed by atoms with Gasteiger partial charge in [-0.15, -0.1) is 0 Å². The van der Waals surface area contributed by atoms with Gasteiger partial charge >= 0.3 is 5.97 Å². The van der Waals surface area contributed by atoms with Crippen LogP contribution in [0, 0.1) is 0 Å². The number of carbonyl (C=O) groups is 2. The van der Waals surface area contributed by atoms with E-state index in [4.69, 9.17) is 9.47 Å². The highest BCUT2D eigenvalue weighted by Gasteiger charge is 2.26.